The number of anilines is 1. The average molecular weight is 256 g/mol. The van der Waals surface area contributed by atoms with Crippen molar-refractivity contribution in [3.63, 3.8) is 0 Å². The van der Waals surface area contributed by atoms with Crippen LogP contribution in [0.15, 0.2) is 23.4 Å². The van der Waals surface area contributed by atoms with Crippen molar-refractivity contribution in [1.82, 2.24) is 0 Å². The molecule has 0 saturated heterocycles. The van der Waals surface area contributed by atoms with E-state index in [1.807, 2.05) is 32.0 Å². The Morgan fingerprint density at radius 2 is 2.29 bits per heavy atom. The SMILES string of the molecule is CCC(CC(N)=NO)Nc1c(C)cccc1Cl. The second-order valence-corrected chi connectivity index (χ2v) is 4.38. The van der Waals surface area contributed by atoms with Gasteiger partial charge in [-0.15, -0.1) is 0 Å². The number of amidine groups is 1. The van der Waals surface area contributed by atoms with E-state index >= 15 is 0 Å². The number of nitrogens with zero attached hydrogens (tertiary/aromatic N) is 1. The van der Waals surface area contributed by atoms with Gasteiger partial charge in [0.05, 0.1) is 10.7 Å². The number of nitrogens with one attached hydrogen (secondary N) is 1. The van der Waals surface area contributed by atoms with E-state index in [9.17, 15) is 0 Å². The highest BCUT2D eigenvalue weighted by Crippen LogP contribution is 2.26. The van der Waals surface area contributed by atoms with Crippen LogP contribution in [0.3, 0.4) is 0 Å². The van der Waals surface area contributed by atoms with Gasteiger partial charge in [-0.3, -0.25) is 0 Å². The average Bonchev–Trinajstić information content (AvgIpc) is 2.32. The zero-order chi connectivity index (χ0) is 12.8. The van der Waals surface area contributed by atoms with Crippen LogP contribution in [0.25, 0.3) is 0 Å². The van der Waals surface area contributed by atoms with Gasteiger partial charge in [0.2, 0.25) is 0 Å². The van der Waals surface area contributed by atoms with Crippen molar-refractivity contribution < 1.29 is 5.21 Å². The summed E-state index contributed by atoms with van der Waals surface area (Å²) in [5, 5.41) is 15.6. The molecule has 1 aromatic carbocycles. The molecular formula is C12H18ClN3O. The smallest absolute Gasteiger partial charge is 0.141 e. The lowest BCUT2D eigenvalue weighted by molar-refractivity contribution is 0.316. The Hall–Kier alpha value is -1.42. The summed E-state index contributed by atoms with van der Waals surface area (Å²) in [4.78, 5) is 0. The maximum Gasteiger partial charge on any atom is 0.141 e. The summed E-state index contributed by atoms with van der Waals surface area (Å²) in [6, 6.07) is 5.84. The van der Waals surface area contributed by atoms with Crippen LogP contribution in [-0.4, -0.2) is 17.1 Å². The molecule has 5 heteroatoms. The topological polar surface area (TPSA) is 70.6 Å². The molecule has 1 aromatic rings. The van der Waals surface area contributed by atoms with E-state index in [0.717, 1.165) is 17.7 Å². The molecule has 17 heavy (non-hydrogen) atoms. The van der Waals surface area contributed by atoms with E-state index in [1.54, 1.807) is 0 Å². The highest BCUT2D eigenvalue weighted by atomic mass is 35.5. The molecule has 1 unspecified atom stereocenters. The minimum atomic E-state index is 0.101. The van der Waals surface area contributed by atoms with Gasteiger partial charge in [-0.05, 0) is 25.0 Å². The maximum absolute atomic E-state index is 8.56. The van der Waals surface area contributed by atoms with E-state index in [4.69, 9.17) is 22.5 Å². The molecule has 0 aliphatic rings. The zero-order valence-corrected chi connectivity index (χ0v) is 10.8. The van der Waals surface area contributed by atoms with Gasteiger partial charge in [-0.25, -0.2) is 0 Å². The van der Waals surface area contributed by atoms with Gasteiger partial charge in [0, 0.05) is 12.5 Å². The summed E-state index contributed by atoms with van der Waals surface area (Å²) >= 11 is 6.13. The number of hydrogen-bond donors (Lipinski definition) is 3. The van der Waals surface area contributed by atoms with Gasteiger partial charge in [0.1, 0.15) is 5.84 Å². The van der Waals surface area contributed by atoms with Gasteiger partial charge in [0.25, 0.3) is 0 Å². The lowest BCUT2D eigenvalue weighted by atomic mass is 10.1. The van der Waals surface area contributed by atoms with Crippen LogP contribution in [0.1, 0.15) is 25.3 Å². The number of nitrogens with two attached hydrogens (primary N) is 1. The molecule has 4 N–H and O–H groups in total. The van der Waals surface area contributed by atoms with Crippen LogP contribution in [0.4, 0.5) is 5.69 Å². The van der Waals surface area contributed by atoms with Crippen LogP contribution in [0.5, 0.6) is 0 Å². The molecule has 94 valence electrons. The molecular weight excluding hydrogens is 238 g/mol. The third-order valence-corrected chi connectivity index (χ3v) is 2.96. The summed E-state index contributed by atoms with van der Waals surface area (Å²) < 4.78 is 0. The van der Waals surface area contributed by atoms with Gasteiger partial charge >= 0.3 is 0 Å². The first kappa shape index (κ1) is 13.6. The number of halogens is 1. The van der Waals surface area contributed by atoms with Crippen molar-refractivity contribution in [3.8, 4) is 0 Å². The number of hydrogen-bond acceptors (Lipinski definition) is 3. The highest BCUT2D eigenvalue weighted by Gasteiger charge is 2.12. The van der Waals surface area contributed by atoms with Crippen molar-refractivity contribution >= 4 is 23.1 Å². The number of rotatable bonds is 5. The van der Waals surface area contributed by atoms with Gasteiger partial charge < -0.3 is 16.3 Å². The predicted octanol–water partition coefficient (Wildman–Crippen LogP) is 2.98. The van der Waals surface area contributed by atoms with Crippen molar-refractivity contribution in [2.45, 2.75) is 32.7 Å². The first-order chi connectivity index (χ1) is 8.08. The normalized spacial score (nSPS) is 13.5. The fourth-order valence-electron chi connectivity index (χ4n) is 1.61. The fraction of sp³-hybridized carbons (Fsp3) is 0.417. The number of para-hydroxylation sites is 1. The molecule has 0 bridgehead atoms. The molecule has 1 rings (SSSR count). The summed E-state index contributed by atoms with van der Waals surface area (Å²) in [7, 11) is 0. The summed E-state index contributed by atoms with van der Waals surface area (Å²) in [5.74, 6) is 0.217. The number of benzene rings is 1. The molecule has 0 aliphatic heterocycles. The quantitative estimate of drug-likeness (QED) is 0.328. The lowest BCUT2D eigenvalue weighted by Crippen LogP contribution is -2.26. The number of oxime groups is 1. The van der Waals surface area contributed by atoms with E-state index in [0.29, 0.717) is 11.4 Å². The third kappa shape index (κ3) is 3.82. The summed E-state index contributed by atoms with van der Waals surface area (Å²) in [5.41, 5.74) is 7.49. The first-order valence-corrected chi connectivity index (χ1v) is 5.94. The molecule has 0 amide bonds. The molecule has 0 radical (unpaired) electrons. The minimum absolute atomic E-state index is 0.101. The third-order valence-electron chi connectivity index (χ3n) is 2.65. The Morgan fingerprint density at radius 1 is 1.59 bits per heavy atom. The largest absolute Gasteiger partial charge is 0.409 e. The summed E-state index contributed by atoms with van der Waals surface area (Å²) in [6.07, 6.45) is 1.35. The Balaban J connectivity index is 2.80. The van der Waals surface area contributed by atoms with Crippen LogP contribution < -0.4 is 11.1 Å². The second-order valence-electron chi connectivity index (χ2n) is 3.98. The minimum Gasteiger partial charge on any atom is -0.409 e. The van der Waals surface area contributed by atoms with Crippen LogP contribution in [-0.2, 0) is 0 Å². The standard InChI is InChI=1S/C12H18ClN3O/c1-3-9(7-11(14)16-17)15-12-8(2)5-4-6-10(12)13/h4-6,9,15,17H,3,7H2,1-2H3,(H2,14,16). The molecule has 0 aromatic heterocycles. The number of aryl methyl sites for hydroxylation is 1. The van der Waals surface area contributed by atoms with Crippen LogP contribution in [0, 0.1) is 6.92 Å². The Labute approximate surface area is 106 Å². The Kier molecular flexibility index (Phi) is 5.10. The molecule has 0 saturated carbocycles. The Bertz CT molecular complexity index is 386. The molecule has 0 fully saturated rings. The first-order valence-electron chi connectivity index (χ1n) is 5.56. The Morgan fingerprint density at radius 3 is 2.82 bits per heavy atom. The lowest BCUT2D eigenvalue weighted by Gasteiger charge is -2.20. The van der Waals surface area contributed by atoms with E-state index < -0.39 is 0 Å². The van der Waals surface area contributed by atoms with Gasteiger partial charge in [0.15, 0.2) is 0 Å². The van der Waals surface area contributed by atoms with Crippen molar-refractivity contribution in [2.24, 2.45) is 10.9 Å². The van der Waals surface area contributed by atoms with Crippen molar-refractivity contribution in [3.05, 3.63) is 28.8 Å². The molecule has 1 atom stereocenters. The molecule has 0 spiro atoms. The molecule has 0 aliphatic carbocycles. The van der Waals surface area contributed by atoms with Gasteiger partial charge in [-0.1, -0.05) is 35.8 Å². The highest BCUT2D eigenvalue weighted by molar-refractivity contribution is 6.33. The second kappa shape index (κ2) is 6.35. The maximum atomic E-state index is 8.56. The van der Waals surface area contributed by atoms with Crippen LogP contribution in [0.2, 0.25) is 5.02 Å². The van der Waals surface area contributed by atoms with Gasteiger partial charge in [-0.2, -0.15) is 0 Å². The van der Waals surface area contributed by atoms with Crippen molar-refractivity contribution in [1.29, 1.82) is 0 Å². The van der Waals surface area contributed by atoms with Crippen molar-refractivity contribution in [2.75, 3.05) is 5.32 Å². The fourth-order valence-corrected chi connectivity index (χ4v) is 1.89. The molecule has 0 heterocycles. The predicted molar refractivity (Wildman–Crippen MR) is 71.9 cm³/mol. The monoisotopic (exact) mass is 255 g/mol. The van der Waals surface area contributed by atoms with E-state index in [2.05, 4.69) is 10.5 Å². The summed E-state index contributed by atoms with van der Waals surface area (Å²) in [6.45, 7) is 4.03. The zero-order valence-electron chi connectivity index (χ0n) is 10.1. The van der Waals surface area contributed by atoms with Crippen LogP contribution >= 0.6 is 11.6 Å². The molecule has 4 nitrogen and oxygen atoms in total. The van der Waals surface area contributed by atoms with E-state index in [-0.39, 0.29) is 11.9 Å². The van der Waals surface area contributed by atoms with E-state index in [1.165, 1.54) is 0 Å².